The van der Waals surface area contributed by atoms with Gasteiger partial charge >= 0.3 is 0 Å². The van der Waals surface area contributed by atoms with E-state index in [0.717, 1.165) is 23.9 Å². The standard InChI is InChI=1S/C19H23BrN2O3/c1-3-4-11-22(12-13-24-2)19(23)15-5-10-18(21-14-15)25-17-8-6-16(20)7-9-17/h5-10,14H,3-4,11-13H2,1-2H3. The molecular formula is C19H23BrN2O3. The van der Waals surface area contributed by atoms with E-state index in [2.05, 4.69) is 27.8 Å². The van der Waals surface area contributed by atoms with Crippen LogP contribution in [0.1, 0.15) is 30.1 Å². The van der Waals surface area contributed by atoms with Gasteiger partial charge in [-0.2, -0.15) is 0 Å². The molecule has 0 N–H and O–H groups in total. The molecule has 0 aliphatic carbocycles. The van der Waals surface area contributed by atoms with Crippen molar-refractivity contribution < 1.29 is 14.3 Å². The zero-order valence-corrected chi connectivity index (χ0v) is 16.2. The van der Waals surface area contributed by atoms with Gasteiger partial charge in [-0.05, 0) is 36.8 Å². The number of aromatic nitrogens is 1. The third-order valence-corrected chi connectivity index (χ3v) is 4.18. The van der Waals surface area contributed by atoms with Crippen LogP contribution >= 0.6 is 15.9 Å². The molecule has 6 heteroatoms. The Morgan fingerprint density at radius 3 is 2.52 bits per heavy atom. The van der Waals surface area contributed by atoms with Crippen LogP contribution in [-0.4, -0.2) is 42.6 Å². The highest BCUT2D eigenvalue weighted by atomic mass is 79.9. The van der Waals surface area contributed by atoms with Crippen molar-refractivity contribution in [2.75, 3.05) is 26.8 Å². The fraction of sp³-hybridized carbons (Fsp3) is 0.368. The van der Waals surface area contributed by atoms with E-state index in [0.29, 0.717) is 30.3 Å². The summed E-state index contributed by atoms with van der Waals surface area (Å²) in [6.45, 7) is 3.92. The molecule has 0 fully saturated rings. The van der Waals surface area contributed by atoms with Gasteiger partial charge in [-0.25, -0.2) is 4.98 Å². The van der Waals surface area contributed by atoms with E-state index in [-0.39, 0.29) is 5.91 Å². The molecule has 0 saturated carbocycles. The van der Waals surface area contributed by atoms with E-state index in [1.807, 2.05) is 24.3 Å². The molecule has 25 heavy (non-hydrogen) atoms. The van der Waals surface area contributed by atoms with Gasteiger partial charge in [0.05, 0.1) is 12.2 Å². The first kappa shape index (κ1) is 19.4. The lowest BCUT2D eigenvalue weighted by molar-refractivity contribution is 0.0692. The minimum Gasteiger partial charge on any atom is -0.439 e. The van der Waals surface area contributed by atoms with Gasteiger partial charge in [0.25, 0.3) is 5.91 Å². The quantitative estimate of drug-likeness (QED) is 0.613. The topological polar surface area (TPSA) is 51.7 Å². The molecule has 1 heterocycles. The maximum absolute atomic E-state index is 12.6. The average molecular weight is 407 g/mol. The van der Waals surface area contributed by atoms with E-state index in [9.17, 15) is 4.79 Å². The summed E-state index contributed by atoms with van der Waals surface area (Å²) in [6, 6.07) is 11.0. The van der Waals surface area contributed by atoms with Crippen LogP contribution in [0.25, 0.3) is 0 Å². The van der Waals surface area contributed by atoms with Crippen molar-refractivity contribution in [1.82, 2.24) is 9.88 Å². The van der Waals surface area contributed by atoms with Crippen LogP contribution < -0.4 is 4.74 Å². The van der Waals surface area contributed by atoms with E-state index < -0.39 is 0 Å². The largest absolute Gasteiger partial charge is 0.439 e. The van der Waals surface area contributed by atoms with Crippen LogP contribution in [0.15, 0.2) is 47.1 Å². The molecule has 0 saturated heterocycles. The Morgan fingerprint density at radius 2 is 1.92 bits per heavy atom. The van der Waals surface area contributed by atoms with Crippen LogP contribution in [0, 0.1) is 0 Å². The Balaban J connectivity index is 2.03. The predicted octanol–water partition coefficient (Wildman–Crippen LogP) is 4.53. The van der Waals surface area contributed by atoms with Crippen molar-refractivity contribution >= 4 is 21.8 Å². The first-order valence-electron chi connectivity index (χ1n) is 8.31. The number of hydrogen-bond donors (Lipinski definition) is 0. The van der Waals surface area contributed by atoms with Gasteiger partial charge in [-0.3, -0.25) is 4.79 Å². The van der Waals surface area contributed by atoms with Crippen LogP contribution in [0.5, 0.6) is 11.6 Å². The van der Waals surface area contributed by atoms with Crippen molar-refractivity contribution in [1.29, 1.82) is 0 Å². The van der Waals surface area contributed by atoms with Crippen LogP contribution in [0.4, 0.5) is 0 Å². The van der Waals surface area contributed by atoms with Crippen molar-refractivity contribution in [2.24, 2.45) is 0 Å². The average Bonchev–Trinajstić information content (AvgIpc) is 2.64. The monoisotopic (exact) mass is 406 g/mol. The second kappa shape index (κ2) is 10.2. The number of hydrogen-bond acceptors (Lipinski definition) is 4. The van der Waals surface area contributed by atoms with E-state index in [1.165, 1.54) is 0 Å². The number of carbonyl (C=O) groups is 1. The predicted molar refractivity (Wildman–Crippen MR) is 101 cm³/mol. The van der Waals surface area contributed by atoms with Gasteiger partial charge in [0.15, 0.2) is 0 Å². The Labute approximate surface area is 157 Å². The summed E-state index contributed by atoms with van der Waals surface area (Å²) in [7, 11) is 1.64. The number of benzene rings is 1. The Morgan fingerprint density at radius 1 is 1.16 bits per heavy atom. The Kier molecular flexibility index (Phi) is 7.88. The molecule has 0 aliphatic heterocycles. The minimum absolute atomic E-state index is 0.0341. The first-order chi connectivity index (χ1) is 12.1. The number of nitrogens with zero attached hydrogens (tertiary/aromatic N) is 2. The minimum atomic E-state index is -0.0341. The second-order valence-electron chi connectivity index (χ2n) is 5.58. The number of unbranched alkanes of at least 4 members (excludes halogenated alkanes) is 1. The number of rotatable bonds is 9. The molecule has 5 nitrogen and oxygen atoms in total. The van der Waals surface area contributed by atoms with Crippen molar-refractivity contribution in [2.45, 2.75) is 19.8 Å². The summed E-state index contributed by atoms with van der Waals surface area (Å²) >= 11 is 3.38. The SMILES string of the molecule is CCCCN(CCOC)C(=O)c1ccc(Oc2ccc(Br)cc2)nc1. The summed E-state index contributed by atoms with van der Waals surface area (Å²) < 4.78 is 11.8. The van der Waals surface area contributed by atoms with Gasteiger partial charge < -0.3 is 14.4 Å². The lowest BCUT2D eigenvalue weighted by Gasteiger charge is -2.22. The van der Waals surface area contributed by atoms with Crippen LogP contribution in [0.2, 0.25) is 0 Å². The fourth-order valence-corrected chi connectivity index (χ4v) is 2.50. The molecule has 1 aromatic heterocycles. The third-order valence-electron chi connectivity index (χ3n) is 3.65. The maximum Gasteiger partial charge on any atom is 0.255 e. The number of methoxy groups -OCH3 is 1. The summed E-state index contributed by atoms with van der Waals surface area (Å²) in [6.07, 6.45) is 3.56. The molecule has 0 radical (unpaired) electrons. The van der Waals surface area contributed by atoms with Crippen molar-refractivity contribution in [3.05, 3.63) is 52.6 Å². The fourth-order valence-electron chi connectivity index (χ4n) is 2.24. The summed E-state index contributed by atoms with van der Waals surface area (Å²) in [5.41, 5.74) is 0.551. The number of amides is 1. The Hall–Kier alpha value is -1.92. The van der Waals surface area contributed by atoms with E-state index in [4.69, 9.17) is 9.47 Å². The van der Waals surface area contributed by atoms with Crippen LogP contribution in [0.3, 0.4) is 0 Å². The molecule has 1 aromatic carbocycles. The molecule has 0 spiro atoms. The molecule has 2 aromatic rings. The zero-order chi connectivity index (χ0) is 18.1. The van der Waals surface area contributed by atoms with Gasteiger partial charge in [0, 0.05) is 36.9 Å². The molecule has 2 rings (SSSR count). The number of halogens is 1. The second-order valence-corrected chi connectivity index (χ2v) is 6.50. The molecule has 134 valence electrons. The first-order valence-corrected chi connectivity index (χ1v) is 9.11. The molecule has 0 unspecified atom stereocenters. The van der Waals surface area contributed by atoms with Gasteiger partial charge in [0.1, 0.15) is 5.75 Å². The van der Waals surface area contributed by atoms with Crippen molar-refractivity contribution in [3.63, 3.8) is 0 Å². The van der Waals surface area contributed by atoms with Gasteiger partial charge in [0.2, 0.25) is 5.88 Å². The van der Waals surface area contributed by atoms with Gasteiger partial charge in [-0.1, -0.05) is 29.3 Å². The summed E-state index contributed by atoms with van der Waals surface area (Å²) in [4.78, 5) is 18.7. The summed E-state index contributed by atoms with van der Waals surface area (Å²) in [5, 5.41) is 0. The van der Waals surface area contributed by atoms with Gasteiger partial charge in [-0.15, -0.1) is 0 Å². The molecular weight excluding hydrogens is 384 g/mol. The highest BCUT2D eigenvalue weighted by molar-refractivity contribution is 9.10. The summed E-state index contributed by atoms with van der Waals surface area (Å²) in [5.74, 6) is 1.11. The van der Waals surface area contributed by atoms with E-state index in [1.54, 1.807) is 30.3 Å². The maximum atomic E-state index is 12.6. The third kappa shape index (κ3) is 6.14. The van der Waals surface area contributed by atoms with Crippen LogP contribution in [-0.2, 0) is 4.74 Å². The zero-order valence-electron chi connectivity index (χ0n) is 14.6. The molecule has 0 aliphatic rings. The normalized spacial score (nSPS) is 10.5. The number of carbonyl (C=O) groups excluding carboxylic acids is 1. The number of pyridine rings is 1. The molecule has 0 bridgehead atoms. The lowest BCUT2D eigenvalue weighted by Crippen LogP contribution is -2.34. The lowest BCUT2D eigenvalue weighted by atomic mass is 10.2. The highest BCUT2D eigenvalue weighted by Gasteiger charge is 2.15. The Bertz CT molecular complexity index is 651. The smallest absolute Gasteiger partial charge is 0.255 e. The highest BCUT2D eigenvalue weighted by Crippen LogP contribution is 2.22. The van der Waals surface area contributed by atoms with E-state index >= 15 is 0 Å². The van der Waals surface area contributed by atoms with Crippen molar-refractivity contribution in [3.8, 4) is 11.6 Å². The number of ether oxygens (including phenoxy) is 2. The molecule has 1 amide bonds. The molecule has 0 atom stereocenters.